The number of esters is 2. The highest BCUT2D eigenvalue weighted by atomic mass is 16.7. The average Bonchev–Trinajstić information content (AvgIpc) is 3.12. The topological polar surface area (TPSA) is 223 Å². The number of carbonyl (C=O) groups excluding carboxylic acids is 2. The van der Waals surface area contributed by atoms with E-state index < -0.39 is 65.3 Å². The van der Waals surface area contributed by atoms with Gasteiger partial charge in [-0.05, 0) is 78.7 Å². The van der Waals surface area contributed by atoms with Crippen molar-refractivity contribution in [3.05, 3.63) is 118 Å². The van der Waals surface area contributed by atoms with E-state index in [2.05, 4.69) is 0 Å². The van der Waals surface area contributed by atoms with Gasteiger partial charge in [-0.1, -0.05) is 24.3 Å². The average molecular weight is 725 g/mol. The number of phenolic OH excluding ortho intramolecular Hbond substituents is 5. The minimum Gasteiger partial charge on any atom is -0.508 e. The van der Waals surface area contributed by atoms with Gasteiger partial charge in [-0.25, -0.2) is 9.59 Å². The van der Waals surface area contributed by atoms with Crippen LogP contribution in [0.1, 0.15) is 18.1 Å². The van der Waals surface area contributed by atoms with Crippen molar-refractivity contribution in [1.82, 2.24) is 0 Å². The second-order valence-electron chi connectivity index (χ2n) is 11.9. The van der Waals surface area contributed by atoms with Crippen molar-refractivity contribution in [3.63, 3.8) is 0 Å². The maximum atomic E-state index is 14.0. The molecular weight excluding hydrogens is 692 g/mol. The van der Waals surface area contributed by atoms with Gasteiger partial charge in [0.15, 0.2) is 11.9 Å². The van der Waals surface area contributed by atoms with Gasteiger partial charge >= 0.3 is 11.9 Å². The molecule has 14 heteroatoms. The molecule has 1 aliphatic rings. The van der Waals surface area contributed by atoms with Crippen LogP contribution in [0.25, 0.3) is 34.4 Å². The van der Waals surface area contributed by atoms with Crippen molar-refractivity contribution in [3.8, 4) is 45.8 Å². The summed E-state index contributed by atoms with van der Waals surface area (Å²) in [7, 11) is 0. The molecule has 272 valence electrons. The highest BCUT2D eigenvalue weighted by molar-refractivity contribution is 5.89. The van der Waals surface area contributed by atoms with Gasteiger partial charge in [0.25, 0.3) is 0 Å². The molecule has 1 saturated heterocycles. The Morgan fingerprint density at radius 3 is 1.75 bits per heavy atom. The molecule has 0 amide bonds. The van der Waals surface area contributed by atoms with Crippen LogP contribution in [-0.2, 0) is 23.8 Å². The van der Waals surface area contributed by atoms with E-state index in [-0.39, 0.29) is 39.5 Å². The molecule has 0 aliphatic carbocycles. The number of aliphatic hydroxyl groups is 1. The highest BCUT2D eigenvalue weighted by Gasteiger charge is 2.50. The van der Waals surface area contributed by atoms with Crippen LogP contribution in [0.4, 0.5) is 0 Å². The fourth-order valence-corrected chi connectivity index (χ4v) is 5.48. The smallest absolute Gasteiger partial charge is 0.331 e. The fraction of sp³-hybridized carbons (Fsp3) is 0.154. The molecule has 5 atom stereocenters. The fourth-order valence-electron chi connectivity index (χ4n) is 5.48. The zero-order chi connectivity index (χ0) is 37.8. The summed E-state index contributed by atoms with van der Waals surface area (Å²) >= 11 is 0. The normalized spacial score (nSPS) is 20.1. The molecule has 5 aromatic rings. The molecule has 0 radical (unpaired) electrons. The first-order valence-corrected chi connectivity index (χ1v) is 16.0. The third-order valence-corrected chi connectivity index (χ3v) is 8.15. The molecule has 4 aromatic carbocycles. The zero-order valence-electron chi connectivity index (χ0n) is 27.7. The summed E-state index contributed by atoms with van der Waals surface area (Å²) in [5.41, 5.74) is 0.103. The SMILES string of the molecule is C[C@H]1O[C@@H](Oc2c(-c3ccc(O)cc3)oc3cc(O)cc(O)c3c2=O)[C@@H](OC(=O)/C=C\c2ccc(O)cc2)[C@@H](OC(=O)/C=C/c2ccc(O)cc2)[C@@H]1O. The number of fused-ring (bicyclic) bond motifs is 1. The Bertz CT molecular complexity index is 2240. The van der Waals surface area contributed by atoms with Gasteiger partial charge in [-0.3, -0.25) is 4.79 Å². The van der Waals surface area contributed by atoms with Gasteiger partial charge < -0.3 is 54.0 Å². The zero-order valence-corrected chi connectivity index (χ0v) is 27.7. The lowest BCUT2D eigenvalue weighted by molar-refractivity contribution is -0.276. The van der Waals surface area contributed by atoms with Gasteiger partial charge in [0.05, 0.1) is 6.10 Å². The van der Waals surface area contributed by atoms with E-state index in [0.717, 1.165) is 24.3 Å². The molecule has 0 spiro atoms. The van der Waals surface area contributed by atoms with E-state index in [1.807, 2.05) is 0 Å². The predicted molar refractivity (Wildman–Crippen MR) is 188 cm³/mol. The van der Waals surface area contributed by atoms with E-state index in [1.54, 1.807) is 12.1 Å². The number of benzene rings is 4. The lowest BCUT2D eigenvalue weighted by atomic mass is 9.99. The van der Waals surface area contributed by atoms with Crippen molar-refractivity contribution in [1.29, 1.82) is 0 Å². The highest BCUT2D eigenvalue weighted by Crippen LogP contribution is 2.38. The van der Waals surface area contributed by atoms with Gasteiger partial charge in [-0.15, -0.1) is 0 Å². The second kappa shape index (κ2) is 15.2. The maximum Gasteiger partial charge on any atom is 0.331 e. The number of rotatable bonds is 9. The predicted octanol–water partition coefficient (Wildman–Crippen LogP) is 4.72. The Balaban J connectivity index is 1.40. The molecule has 6 rings (SSSR count). The molecule has 1 fully saturated rings. The molecule has 53 heavy (non-hydrogen) atoms. The lowest BCUT2D eigenvalue weighted by Crippen LogP contribution is -2.61. The van der Waals surface area contributed by atoms with E-state index in [9.17, 15) is 45.0 Å². The Hall–Kier alpha value is -6.77. The lowest BCUT2D eigenvalue weighted by Gasteiger charge is -2.41. The summed E-state index contributed by atoms with van der Waals surface area (Å²) in [6.07, 6.45) is -3.00. The van der Waals surface area contributed by atoms with Crippen molar-refractivity contribution in [2.75, 3.05) is 0 Å². The van der Waals surface area contributed by atoms with Crippen LogP contribution < -0.4 is 10.2 Å². The Morgan fingerprint density at radius 1 is 0.698 bits per heavy atom. The van der Waals surface area contributed by atoms with Crippen molar-refractivity contribution in [2.45, 2.75) is 37.6 Å². The number of carbonyl (C=O) groups is 2. The summed E-state index contributed by atoms with van der Waals surface area (Å²) in [4.78, 5) is 40.4. The minimum atomic E-state index is -1.76. The van der Waals surface area contributed by atoms with Crippen LogP contribution >= 0.6 is 0 Å². The maximum absolute atomic E-state index is 14.0. The standard InChI is InChI=1S/C39H32O14/c1-20-33(47)36(51-30(45)16-6-21-2-10-24(40)11-3-21)38(52-31(46)17-7-22-4-12-25(41)13-5-22)39(49-20)53-37-34(48)32-28(44)18-27(43)19-29(32)50-35(37)23-8-14-26(42)15-9-23/h2-20,33,36,38-44,47H,1H3/b16-6+,17-7-/t20-,33-,36+,38+,39+/m1/s1. The van der Waals surface area contributed by atoms with Gasteiger partial charge in [0.2, 0.25) is 23.6 Å². The quantitative estimate of drug-likeness (QED) is 0.0894. The number of hydrogen-bond donors (Lipinski definition) is 6. The number of phenols is 5. The van der Waals surface area contributed by atoms with Crippen LogP contribution in [0, 0.1) is 0 Å². The van der Waals surface area contributed by atoms with Gasteiger partial charge in [0, 0.05) is 29.8 Å². The first-order valence-electron chi connectivity index (χ1n) is 16.0. The van der Waals surface area contributed by atoms with E-state index in [1.165, 1.54) is 79.7 Å². The van der Waals surface area contributed by atoms with Crippen LogP contribution in [0.3, 0.4) is 0 Å². The number of hydrogen-bond acceptors (Lipinski definition) is 14. The number of aromatic hydroxyl groups is 5. The summed E-state index contributed by atoms with van der Waals surface area (Å²) in [6, 6.07) is 19.2. The largest absolute Gasteiger partial charge is 0.508 e. The van der Waals surface area contributed by atoms with Crippen LogP contribution in [0.2, 0.25) is 0 Å². The van der Waals surface area contributed by atoms with Crippen LogP contribution in [0.5, 0.6) is 34.5 Å². The van der Waals surface area contributed by atoms with Gasteiger partial charge in [0.1, 0.15) is 45.8 Å². The minimum absolute atomic E-state index is 0.00579. The Labute approximate surface area is 300 Å². The van der Waals surface area contributed by atoms with Gasteiger partial charge in [-0.2, -0.15) is 0 Å². The summed E-state index contributed by atoms with van der Waals surface area (Å²) in [5.74, 6) is -3.89. The van der Waals surface area contributed by atoms with E-state index in [0.29, 0.717) is 11.1 Å². The number of aliphatic hydroxyl groups excluding tert-OH is 1. The molecule has 6 N–H and O–H groups in total. The van der Waals surface area contributed by atoms with E-state index in [4.69, 9.17) is 23.4 Å². The second-order valence-corrected chi connectivity index (χ2v) is 11.9. The van der Waals surface area contributed by atoms with Crippen molar-refractivity contribution >= 4 is 35.1 Å². The molecule has 0 saturated carbocycles. The van der Waals surface area contributed by atoms with Crippen molar-refractivity contribution < 1.29 is 63.6 Å². The Morgan fingerprint density at radius 2 is 1.21 bits per heavy atom. The first-order chi connectivity index (χ1) is 25.4. The van der Waals surface area contributed by atoms with Crippen LogP contribution in [-0.4, -0.2) is 73.3 Å². The first kappa shape index (κ1) is 36.0. The molecule has 1 aromatic heterocycles. The molecule has 0 bridgehead atoms. The Kier molecular flexibility index (Phi) is 10.4. The summed E-state index contributed by atoms with van der Waals surface area (Å²) in [6.45, 7) is 1.43. The monoisotopic (exact) mass is 724 g/mol. The summed E-state index contributed by atoms with van der Waals surface area (Å²) in [5, 5.41) is 60.6. The third kappa shape index (κ3) is 8.25. The molecular formula is C39H32O14. The van der Waals surface area contributed by atoms with Crippen LogP contribution in [0.15, 0.2) is 106 Å². The third-order valence-electron chi connectivity index (χ3n) is 8.15. The summed E-state index contributed by atoms with van der Waals surface area (Å²) < 4.78 is 29.3. The molecule has 1 aliphatic heterocycles. The van der Waals surface area contributed by atoms with Crippen molar-refractivity contribution in [2.24, 2.45) is 0 Å². The molecule has 0 unspecified atom stereocenters. The van der Waals surface area contributed by atoms with E-state index >= 15 is 0 Å². The number of ether oxygens (including phenoxy) is 4. The molecule has 14 nitrogen and oxygen atoms in total. The molecule has 2 heterocycles.